The van der Waals surface area contributed by atoms with Gasteiger partial charge in [-0.15, -0.1) is 0 Å². The van der Waals surface area contributed by atoms with Crippen LogP contribution in [0.25, 0.3) is 0 Å². The first-order chi connectivity index (χ1) is 12.4. The Morgan fingerprint density at radius 1 is 0.962 bits per heavy atom. The van der Waals surface area contributed by atoms with Crippen molar-refractivity contribution in [3.05, 3.63) is 0 Å². The molecule has 0 bridgehead atoms. The van der Waals surface area contributed by atoms with Crippen LogP contribution in [-0.4, -0.2) is 11.7 Å². The first-order valence-corrected chi connectivity index (χ1v) is 12.0. The van der Waals surface area contributed by atoms with Gasteiger partial charge in [0.15, 0.2) is 0 Å². The highest BCUT2D eigenvalue weighted by atomic mass is 16.2. The number of hydrogen-bond acceptors (Lipinski definition) is 1. The first-order valence-electron chi connectivity index (χ1n) is 12.0. The predicted molar refractivity (Wildman–Crippen MR) is 112 cm³/mol. The Bertz CT molecular complexity index is 441. The van der Waals surface area contributed by atoms with Crippen molar-refractivity contribution < 1.29 is 5.11 Å². The molecule has 152 valence electrons. The molecule has 3 saturated carbocycles. The highest BCUT2D eigenvalue weighted by Crippen LogP contribution is 2.60. The maximum absolute atomic E-state index is 9.30. The fraction of sp³-hybridized carbons (Fsp3) is 1.00. The molecule has 0 radical (unpaired) electrons. The fourth-order valence-electron chi connectivity index (χ4n) is 7.95. The van der Waals surface area contributed by atoms with Gasteiger partial charge >= 0.3 is 0 Å². The first kappa shape index (κ1) is 20.7. The molecule has 3 aliphatic carbocycles. The summed E-state index contributed by atoms with van der Waals surface area (Å²) in [7, 11) is 0. The van der Waals surface area contributed by atoms with Gasteiger partial charge in [-0.2, -0.15) is 0 Å². The summed E-state index contributed by atoms with van der Waals surface area (Å²) in [6.07, 6.45) is 18.4. The molecule has 1 N–H and O–H groups in total. The zero-order valence-corrected chi connectivity index (χ0v) is 18.2. The minimum absolute atomic E-state index is 0.384. The van der Waals surface area contributed by atoms with Gasteiger partial charge in [-0.3, -0.25) is 0 Å². The number of aliphatic hydroxyl groups is 1. The maximum atomic E-state index is 9.30. The molecule has 26 heavy (non-hydrogen) atoms. The second-order valence-electron chi connectivity index (χ2n) is 11.1. The van der Waals surface area contributed by atoms with Crippen LogP contribution < -0.4 is 0 Å². The molecular weight excluding hydrogens is 316 g/mol. The van der Waals surface area contributed by atoms with Gasteiger partial charge in [0.2, 0.25) is 0 Å². The number of aliphatic hydroxyl groups excluding tert-OH is 1. The average molecular weight is 363 g/mol. The molecule has 3 fully saturated rings. The third-order valence-corrected chi connectivity index (χ3v) is 9.46. The van der Waals surface area contributed by atoms with Crippen molar-refractivity contribution in [1.82, 2.24) is 0 Å². The lowest BCUT2D eigenvalue weighted by atomic mass is 9.56. The quantitative estimate of drug-likeness (QED) is 0.506. The minimum Gasteiger partial charge on any atom is -0.396 e. The van der Waals surface area contributed by atoms with Crippen LogP contribution in [0.1, 0.15) is 111 Å². The van der Waals surface area contributed by atoms with E-state index in [1.54, 1.807) is 0 Å². The molecular formula is C25H46O. The summed E-state index contributed by atoms with van der Waals surface area (Å²) in [5, 5.41) is 9.30. The molecule has 0 heterocycles. The summed E-state index contributed by atoms with van der Waals surface area (Å²) in [5.41, 5.74) is 1.15. The van der Waals surface area contributed by atoms with Crippen LogP contribution in [0.5, 0.6) is 0 Å². The molecule has 3 rings (SSSR count). The van der Waals surface area contributed by atoms with E-state index in [9.17, 15) is 5.11 Å². The smallest absolute Gasteiger partial charge is 0.0431 e. The Morgan fingerprint density at radius 2 is 1.77 bits per heavy atom. The van der Waals surface area contributed by atoms with Crippen LogP contribution in [-0.2, 0) is 0 Å². The highest BCUT2D eigenvalue weighted by Gasteiger charge is 2.51. The molecule has 1 heteroatoms. The SMILES string of the molecule is CC[C@@H](CC1CCCC2(C)C1CC[C@@H]2CCCO)C1CCCCC1(C)C. The summed E-state index contributed by atoms with van der Waals surface area (Å²) in [4.78, 5) is 0. The second-order valence-corrected chi connectivity index (χ2v) is 11.1. The zero-order valence-electron chi connectivity index (χ0n) is 18.2. The summed E-state index contributed by atoms with van der Waals surface area (Å²) in [6, 6.07) is 0. The average Bonchev–Trinajstić information content (AvgIpc) is 2.95. The van der Waals surface area contributed by atoms with E-state index in [1.165, 1.54) is 77.0 Å². The van der Waals surface area contributed by atoms with Gasteiger partial charge in [0, 0.05) is 6.61 Å². The van der Waals surface area contributed by atoms with Crippen molar-refractivity contribution in [2.24, 2.45) is 40.4 Å². The number of fused-ring (bicyclic) bond motifs is 1. The molecule has 0 spiro atoms. The van der Waals surface area contributed by atoms with Crippen molar-refractivity contribution in [3.8, 4) is 0 Å². The van der Waals surface area contributed by atoms with E-state index >= 15 is 0 Å². The Hall–Kier alpha value is -0.0400. The third-order valence-electron chi connectivity index (χ3n) is 9.46. The summed E-state index contributed by atoms with van der Waals surface area (Å²) in [5.74, 6) is 4.75. The minimum atomic E-state index is 0.384. The standard InChI is InChI=1S/C25H46O/c1-5-19(22-12-6-7-15-24(22,2)3)18-20-10-8-16-25(4)21(11-9-17-26)13-14-23(20)25/h19-23,26H,5-18H2,1-4H3/t19-,20?,21-,22?,23?,25?/m0/s1. The van der Waals surface area contributed by atoms with Crippen molar-refractivity contribution in [1.29, 1.82) is 0 Å². The number of rotatable bonds is 7. The zero-order chi connectivity index (χ0) is 18.8. The van der Waals surface area contributed by atoms with E-state index < -0.39 is 0 Å². The lowest BCUT2D eigenvalue weighted by molar-refractivity contribution is 0.0102. The van der Waals surface area contributed by atoms with Crippen LogP contribution in [0.4, 0.5) is 0 Å². The lowest BCUT2D eigenvalue weighted by Gasteiger charge is -2.49. The van der Waals surface area contributed by atoms with E-state index in [1.807, 2.05) is 0 Å². The molecule has 0 amide bonds. The van der Waals surface area contributed by atoms with Gasteiger partial charge < -0.3 is 5.11 Å². The highest BCUT2D eigenvalue weighted by molar-refractivity contribution is 5.01. The topological polar surface area (TPSA) is 20.2 Å². The molecule has 0 aromatic rings. The fourth-order valence-corrected chi connectivity index (χ4v) is 7.95. The van der Waals surface area contributed by atoms with Crippen LogP contribution in [0, 0.1) is 40.4 Å². The summed E-state index contributed by atoms with van der Waals surface area (Å²) >= 11 is 0. The van der Waals surface area contributed by atoms with Crippen LogP contribution in [0.2, 0.25) is 0 Å². The van der Waals surface area contributed by atoms with Gasteiger partial charge in [0.25, 0.3) is 0 Å². The molecule has 0 aromatic carbocycles. The number of hydrogen-bond donors (Lipinski definition) is 1. The van der Waals surface area contributed by atoms with Crippen molar-refractivity contribution in [2.75, 3.05) is 6.61 Å². The normalized spacial score (nSPS) is 41.0. The molecule has 1 nitrogen and oxygen atoms in total. The van der Waals surface area contributed by atoms with Gasteiger partial charge in [-0.25, -0.2) is 0 Å². The maximum Gasteiger partial charge on any atom is 0.0431 e. The predicted octanol–water partition coefficient (Wildman–Crippen LogP) is 7.22. The lowest BCUT2D eigenvalue weighted by Crippen LogP contribution is -2.40. The largest absolute Gasteiger partial charge is 0.396 e. The molecule has 0 aliphatic heterocycles. The Balaban J connectivity index is 1.68. The van der Waals surface area contributed by atoms with Crippen LogP contribution >= 0.6 is 0 Å². The van der Waals surface area contributed by atoms with E-state index in [0.29, 0.717) is 17.4 Å². The van der Waals surface area contributed by atoms with E-state index in [2.05, 4.69) is 27.7 Å². The van der Waals surface area contributed by atoms with E-state index in [-0.39, 0.29) is 0 Å². The Labute approximate surface area is 163 Å². The van der Waals surface area contributed by atoms with Gasteiger partial charge in [0.1, 0.15) is 0 Å². The van der Waals surface area contributed by atoms with Gasteiger partial charge in [-0.1, -0.05) is 59.8 Å². The summed E-state index contributed by atoms with van der Waals surface area (Å²) in [6.45, 7) is 10.6. The van der Waals surface area contributed by atoms with Crippen LogP contribution in [0.3, 0.4) is 0 Å². The van der Waals surface area contributed by atoms with Gasteiger partial charge in [0.05, 0.1) is 0 Å². The van der Waals surface area contributed by atoms with Crippen molar-refractivity contribution in [3.63, 3.8) is 0 Å². The Kier molecular flexibility index (Phi) is 6.80. The molecule has 4 unspecified atom stereocenters. The Morgan fingerprint density at radius 3 is 2.46 bits per heavy atom. The molecule has 0 aromatic heterocycles. The van der Waals surface area contributed by atoms with Crippen molar-refractivity contribution >= 4 is 0 Å². The molecule has 3 aliphatic rings. The summed E-state index contributed by atoms with van der Waals surface area (Å²) < 4.78 is 0. The molecule has 0 saturated heterocycles. The van der Waals surface area contributed by atoms with Crippen LogP contribution in [0.15, 0.2) is 0 Å². The van der Waals surface area contributed by atoms with E-state index in [0.717, 1.165) is 36.0 Å². The third kappa shape index (κ3) is 4.03. The van der Waals surface area contributed by atoms with Gasteiger partial charge in [-0.05, 0) is 91.8 Å². The molecule has 6 atom stereocenters. The van der Waals surface area contributed by atoms with E-state index in [4.69, 9.17) is 0 Å². The monoisotopic (exact) mass is 362 g/mol. The second kappa shape index (κ2) is 8.54. The van der Waals surface area contributed by atoms with Crippen molar-refractivity contribution in [2.45, 2.75) is 111 Å².